The van der Waals surface area contributed by atoms with E-state index in [1.807, 2.05) is 0 Å². The maximum atomic E-state index is 12.5. The zero-order chi connectivity index (χ0) is 13.9. The second-order valence-corrected chi connectivity index (χ2v) is 6.65. The van der Waals surface area contributed by atoms with Gasteiger partial charge < -0.3 is 10.6 Å². The SMILES string of the molecule is Cc1[nH]ncc1S(=O)(=O)N1CCCN(CCN)CC1. The van der Waals surface area contributed by atoms with Crippen LogP contribution in [0, 0.1) is 6.92 Å². The number of aromatic amines is 1. The van der Waals surface area contributed by atoms with Crippen LogP contribution in [0.1, 0.15) is 12.1 Å². The first-order valence-corrected chi connectivity index (χ1v) is 7.92. The van der Waals surface area contributed by atoms with Gasteiger partial charge in [-0.15, -0.1) is 0 Å². The van der Waals surface area contributed by atoms with Gasteiger partial charge in [0.1, 0.15) is 4.90 Å². The second kappa shape index (κ2) is 6.00. The quantitative estimate of drug-likeness (QED) is 0.769. The van der Waals surface area contributed by atoms with E-state index in [0.29, 0.717) is 25.3 Å². The number of nitrogens with two attached hydrogens (primary N) is 1. The Morgan fingerprint density at radius 2 is 2.16 bits per heavy atom. The second-order valence-electron chi connectivity index (χ2n) is 4.75. The molecule has 0 radical (unpaired) electrons. The lowest BCUT2D eigenvalue weighted by atomic mass is 10.4. The predicted molar refractivity (Wildman–Crippen MR) is 72.2 cm³/mol. The molecule has 0 atom stereocenters. The van der Waals surface area contributed by atoms with Crippen molar-refractivity contribution in [1.82, 2.24) is 19.4 Å². The lowest BCUT2D eigenvalue weighted by Gasteiger charge is -2.20. The highest BCUT2D eigenvalue weighted by atomic mass is 32.2. The zero-order valence-corrected chi connectivity index (χ0v) is 12.0. The van der Waals surface area contributed by atoms with E-state index in [-0.39, 0.29) is 4.90 Å². The summed E-state index contributed by atoms with van der Waals surface area (Å²) in [5, 5.41) is 6.47. The molecule has 8 heteroatoms. The van der Waals surface area contributed by atoms with Gasteiger partial charge in [-0.25, -0.2) is 8.42 Å². The van der Waals surface area contributed by atoms with Crippen molar-refractivity contribution in [2.75, 3.05) is 39.3 Å². The highest BCUT2D eigenvalue weighted by Crippen LogP contribution is 2.19. The maximum absolute atomic E-state index is 12.5. The summed E-state index contributed by atoms with van der Waals surface area (Å²) in [4.78, 5) is 2.48. The molecule has 108 valence electrons. The molecule has 1 aromatic rings. The van der Waals surface area contributed by atoms with Gasteiger partial charge in [-0.05, 0) is 19.9 Å². The summed E-state index contributed by atoms with van der Waals surface area (Å²) in [6, 6.07) is 0. The molecule has 0 saturated carbocycles. The summed E-state index contributed by atoms with van der Waals surface area (Å²) < 4.78 is 26.6. The molecule has 3 N–H and O–H groups in total. The van der Waals surface area contributed by atoms with E-state index in [9.17, 15) is 8.42 Å². The fourth-order valence-corrected chi connectivity index (χ4v) is 3.92. The van der Waals surface area contributed by atoms with Gasteiger partial charge in [0.15, 0.2) is 0 Å². The van der Waals surface area contributed by atoms with E-state index in [0.717, 1.165) is 26.1 Å². The average Bonchev–Trinajstić information content (AvgIpc) is 2.66. The van der Waals surface area contributed by atoms with Crippen LogP contribution in [0.3, 0.4) is 0 Å². The fourth-order valence-electron chi connectivity index (χ4n) is 2.33. The molecule has 1 saturated heterocycles. The van der Waals surface area contributed by atoms with E-state index >= 15 is 0 Å². The van der Waals surface area contributed by atoms with Crippen molar-refractivity contribution in [3.63, 3.8) is 0 Å². The van der Waals surface area contributed by atoms with Crippen molar-refractivity contribution in [3.05, 3.63) is 11.9 Å². The predicted octanol–water partition coefficient (Wildman–Crippen LogP) is -0.627. The minimum atomic E-state index is -3.43. The number of H-pyrrole nitrogens is 1. The number of hydrogen-bond acceptors (Lipinski definition) is 5. The van der Waals surface area contributed by atoms with Gasteiger partial charge in [0.2, 0.25) is 10.0 Å². The molecule has 1 fully saturated rings. The first-order valence-electron chi connectivity index (χ1n) is 6.48. The van der Waals surface area contributed by atoms with Crippen LogP contribution >= 0.6 is 0 Å². The van der Waals surface area contributed by atoms with Gasteiger partial charge in [-0.2, -0.15) is 9.40 Å². The number of aromatic nitrogens is 2. The third-order valence-corrected chi connectivity index (χ3v) is 5.41. The van der Waals surface area contributed by atoms with Gasteiger partial charge in [0.05, 0.1) is 11.9 Å². The third kappa shape index (κ3) is 3.14. The Hall–Kier alpha value is -0.960. The van der Waals surface area contributed by atoms with Crippen LogP contribution in [-0.2, 0) is 10.0 Å². The lowest BCUT2D eigenvalue weighted by molar-refractivity contribution is 0.294. The first kappa shape index (κ1) is 14.4. The number of sulfonamides is 1. The van der Waals surface area contributed by atoms with Crippen LogP contribution in [0.25, 0.3) is 0 Å². The highest BCUT2D eigenvalue weighted by Gasteiger charge is 2.28. The van der Waals surface area contributed by atoms with E-state index < -0.39 is 10.0 Å². The minimum absolute atomic E-state index is 0.278. The number of aryl methyl sites for hydroxylation is 1. The Labute approximate surface area is 113 Å². The van der Waals surface area contributed by atoms with Crippen LogP contribution in [0.5, 0.6) is 0 Å². The van der Waals surface area contributed by atoms with Crippen molar-refractivity contribution >= 4 is 10.0 Å². The number of nitrogens with zero attached hydrogens (tertiary/aromatic N) is 3. The average molecular weight is 287 g/mol. The maximum Gasteiger partial charge on any atom is 0.246 e. The largest absolute Gasteiger partial charge is 0.329 e. The monoisotopic (exact) mass is 287 g/mol. The van der Waals surface area contributed by atoms with E-state index in [1.54, 1.807) is 11.2 Å². The summed E-state index contributed by atoms with van der Waals surface area (Å²) in [5.74, 6) is 0. The highest BCUT2D eigenvalue weighted by molar-refractivity contribution is 7.89. The van der Waals surface area contributed by atoms with Crippen molar-refractivity contribution in [2.24, 2.45) is 5.73 Å². The topological polar surface area (TPSA) is 95.3 Å². The Bertz CT molecular complexity index is 513. The molecular weight excluding hydrogens is 266 g/mol. The van der Waals surface area contributed by atoms with Gasteiger partial charge in [0, 0.05) is 32.7 Å². The number of hydrogen-bond donors (Lipinski definition) is 2. The van der Waals surface area contributed by atoms with Crippen LogP contribution < -0.4 is 5.73 Å². The van der Waals surface area contributed by atoms with Crippen LogP contribution in [0.2, 0.25) is 0 Å². The van der Waals surface area contributed by atoms with Gasteiger partial charge >= 0.3 is 0 Å². The number of rotatable bonds is 4. The Balaban J connectivity index is 2.12. The third-order valence-electron chi connectivity index (χ3n) is 3.39. The molecule has 19 heavy (non-hydrogen) atoms. The summed E-state index contributed by atoms with van der Waals surface area (Å²) in [7, 11) is -3.43. The molecule has 2 rings (SSSR count). The van der Waals surface area contributed by atoms with Crippen molar-refractivity contribution in [2.45, 2.75) is 18.2 Å². The molecule has 1 aromatic heterocycles. The van der Waals surface area contributed by atoms with Crippen molar-refractivity contribution in [3.8, 4) is 0 Å². The molecule has 0 bridgehead atoms. The summed E-state index contributed by atoms with van der Waals surface area (Å²) >= 11 is 0. The molecule has 1 aliphatic rings. The molecular formula is C11H21N5O2S. The Kier molecular flexibility index (Phi) is 4.56. The van der Waals surface area contributed by atoms with E-state index in [4.69, 9.17) is 5.73 Å². The van der Waals surface area contributed by atoms with Crippen LogP contribution in [-0.4, -0.2) is 67.1 Å². The molecule has 1 aliphatic heterocycles. The van der Waals surface area contributed by atoms with Crippen molar-refractivity contribution in [1.29, 1.82) is 0 Å². The van der Waals surface area contributed by atoms with E-state index in [1.165, 1.54) is 6.20 Å². The van der Waals surface area contributed by atoms with E-state index in [2.05, 4.69) is 15.1 Å². The Morgan fingerprint density at radius 3 is 2.79 bits per heavy atom. The number of nitrogens with one attached hydrogen (secondary N) is 1. The minimum Gasteiger partial charge on any atom is -0.329 e. The van der Waals surface area contributed by atoms with Gasteiger partial charge in [-0.3, -0.25) is 5.10 Å². The molecule has 0 aliphatic carbocycles. The van der Waals surface area contributed by atoms with Gasteiger partial charge in [-0.1, -0.05) is 0 Å². The first-order chi connectivity index (χ1) is 9.05. The summed E-state index contributed by atoms with van der Waals surface area (Å²) in [5.41, 5.74) is 6.13. The Morgan fingerprint density at radius 1 is 1.37 bits per heavy atom. The molecule has 0 aromatic carbocycles. The standard InChI is InChI=1S/C11H21N5O2S/c1-10-11(9-13-14-10)19(17,18)16-5-2-4-15(6-3-12)7-8-16/h9H,2-8,12H2,1H3,(H,13,14). The molecule has 0 spiro atoms. The van der Waals surface area contributed by atoms with Crippen LogP contribution in [0.4, 0.5) is 0 Å². The zero-order valence-electron chi connectivity index (χ0n) is 11.2. The summed E-state index contributed by atoms with van der Waals surface area (Å²) in [6.45, 7) is 5.83. The normalized spacial score (nSPS) is 19.5. The van der Waals surface area contributed by atoms with Crippen molar-refractivity contribution < 1.29 is 8.42 Å². The fraction of sp³-hybridized carbons (Fsp3) is 0.727. The lowest BCUT2D eigenvalue weighted by Crippen LogP contribution is -2.36. The molecule has 7 nitrogen and oxygen atoms in total. The molecule has 0 unspecified atom stereocenters. The molecule has 2 heterocycles. The smallest absolute Gasteiger partial charge is 0.246 e. The van der Waals surface area contributed by atoms with Gasteiger partial charge in [0.25, 0.3) is 0 Å². The summed E-state index contributed by atoms with van der Waals surface area (Å²) in [6.07, 6.45) is 2.21. The molecule has 0 amide bonds. The van der Waals surface area contributed by atoms with Crippen LogP contribution in [0.15, 0.2) is 11.1 Å².